The number of aryl methyl sites for hydroxylation is 1. The lowest BCUT2D eigenvalue weighted by atomic mass is 10.0. The first-order valence-corrected chi connectivity index (χ1v) is 10.9. The Labute approximate surface area is 171 Å². The van der Waals surface area contributed by atoms with E-state index in [0.29, 0.717) is 16.6 Å². The van der Waals surface area contributed by atoms with Crippen LogP contribution in [0.3, 0.4) is 0 Å². The summed E-state index contributed by atoms with van der Waals surface area (Å²) < 4.78 is 37.4. The molecule has 0 fully saturated rings. The molecule has 0 aliphatic heterocycles. The number of halogens is 1. The molecule has 3 aromatic rings. The minimum absolute atomic E-state index is 0.117. The highest BCUT2D eigenvalue weighted by atomic mass is 32.2. The minimum Gasteiger partial charge on any atom is -0.299 e. The van der Waals surface area contributed by atoms with Gasteiger partial charge < -0.3 is 0 Å². The van der Waals surface area contributed by atoms with Crippen molar-refractivity contribution in [1.29, 1.82) is 0 Å². The molecule has 30 heavy (non-hydrogen) atoms. The summed E-state index contributed by atoms with van der Waals surface area (Å²) in [6.45, 7) is 1.06. The monoisotopic (exact) mass is 433 g/mol. The molecule has 8 nitrogen and oxygen atoms in total. The number of amides is 1. The molecule has 0 unspecified atom stereocenters. The molecule has 0 saturated heterocycles. The standard InChI is InChI=1S/C20H20FN3O5S/c1-20(19(26)23-27,30(2,28)29)9-10-24-12-22-17-11-13(7-8-15(17)18(24)25)14-5-3-4-6-16(14)21/h3-8,11-12,27H,9-10H2,1-2H3,(H,23,26)/t20-/m0/s1. The van der Waals surface area contributed by atoms with E-state index in [2.05, 4.69) is 4.98 Å². The molecule has 1 heterocycles. The Kier molecular flexibility index (Phi) is 5.73. The highest BCUT2D eigenvalue weighted by Crippen LogP contribution is 2.25. The Hall–Kier alpha value is -3.11. The number of hydroxylamine groups is 1. The summed E-state index contributed by atoms with van der Waals surface area (Å²) in [6.07, 6.45) is 1.88. The van der Waals surface area contributed by atoms with Gasteiger partial charge in [-0.05, 0) is 37.1 Å². The van der Waals surface area contributed by atoms with Crippen LogP contribution >= 0.6 is 0 Å². The van der Waals surface area contributed by atoms with Crippen LogP contribution in [0.15, 0.2) is 53.6 Å². The van der Waals surface area contributed by atoms with Gasteiger partial charge in [0.05, 0.1) is 17.2 Å². The third-order valence-corrected chi connectivity index (χ3v) is 7.27. The van der Waals surface area contributed by atoms with Gasteiger partial charge >= 0.3 is 0 Å². The molecule has 3 rings (SSSR count). The van der Waals surface area contributed by atoms with Crippen molar-refractivity contribution in [2.45, 2.75) is 24.6 Å². The van der Waals surface area contributed by atoms with Crippen molar-refractivity contribution in [3.8, 4) is 11.1 Å². The van der Waals surface area contributed by atoms with Crippen LogP contribution < -0.4 is 11.0 Å². The fourth-order valence-electron chi connectivity index (χ4n) is 3.10. The Morgan fingerprint density at radius 2 is 1.97 bits per heavy atom. The zero-order chi connectivity index (χ0) is 22.1. The quantitative estimate of drug-likeness (QED) is 0.453. The smallest absolute Gasteiger partial charge is 0.264 e. The maximum Gasteiger partial charge on any atom is 0.264 e. The minimum atomic E-state index is -3.88. The van der Waals surface area contributed by atoms with E-state index in [-0.39, 0.29) is 18.4 Å². The van der Waals surface area contributed by atoms with E-state index in [1.54, 1.807) is 30.3 Å². The number of benzene rings is 2. The maximum atomic E-state index is 14.0. The van der Waals surface area contributed by atoms with Crippen molar-refractivity contribution in [2.75, 3.05) is 6.26 Å². The van der Waals surface area contributed by atoms with Crippen LogP contribution in [0.1, 0.15) is 13.3 Å². The van der Waals surface area contributed by atoms with Gasteiger partial charge in [0.2, 0.25) is 0 Å². The number of hydrogen-bond donors (Lipinski definition) is 2. The molecule has 0 radical (unpaired) electrons. The number of nitrogens with zero attached hydrogens (tertiary/aromatic N) is 2. The molecule has 2 aromatic carbocycles. The molecule has 158 valence electrons. The van der Waals surface area contributed by atoms with E-state index in [0.717, 1.165) is 6.26 Å². The van der Waals surface area contributed by atoms with Gasteiger partial charge in [0, 0.05) is 18.4 Å². The van der Waals surface area contributed by atoms with E-state index < -0.39 is 31.9 Å². The first-order chi connectivity index (χ1) is 14.1. The van der Waals surface area contributed by atoms with Gasteiger partial charge in [0.15, 0.2) is 14.6 Å². The number of fused-ring (bicyclic) bond motifs is 1. The predicted octanol–water partition coefficient (Wildman–Crippen LogP) is 1.90. The van der Waals surface area contributed by atoms with E-state index in [1.165, 1.54) is 35.4 Å². The Morgan fingerprint density at radius 3 is 2.60 bits per heavy atom. The van der Waals surface area contributed by atoms with E-state index in [4.69, 9.17) is 5.21 Å². The van der Waals surface area contributed by atoms with Crippen LogP contribution in [-0.4, -0.2) is 40.1 Å². The lowest BCUT2D eigenvalue weighted by molar-refractivity contribution is -0.131. The predicted molar refractivity (Wildman–Crippen MR) is 109 cm³/mol. The number of carbonyl (C=O) groups excluding carboxylic acids is 1. The van der Waals surface area contributed by atoms with E-state index in [1.807, 2.05) is 0 Å². The fourth-order valence-corrected chi connectivity index (χ4v) is 3.94. The first kappa shape index (κ1) is 21.6. The fraction of sp³-hybridized carbons (Fsp3) is 0.250. The van der Waals surface area contributed by atoms with Crippen molar-refractivity contribution >= 4 is 26.6 Å². The Morgan fingerprint density at radius 1 is 1.27 bits per heavy atom. The summed E-state index contributed by atoms with van der Waals surface area (Å²) in [7, 11) is -3.88. The topological polar surface area (TPSA) is 118 Å². The molecule has 0 aliphatic carbocycles. The van der Waals surface area contributed by atoms with Crippen molar-refractivity contribution in [3.63, 3.8) is 0 Å². The second kappa shape index (κ2) is 7.96. The molecule has 10 heteroatoms. The molecule has 0 saturated carbocycles. The van der Waals surface area contributed by atoms with Crippen LogP contribution in [0.4, 0.5) is 4.39 Å². The summed E-state index contributed by atoms with van der Waals surface area (Å²) in [6, 6.07) is 11.0. The first-order valence-electron chi connectivity index (χ1n) is 8.97. The van der Waals surface area contributed by atoms with Crippen LogP contribution in [0.25, 0.3) is 22.0 Å². The zero-order valence-corrected chi connectivity index (χ0v) is 17.1. The largest absolute Gasteiger partial charge is 0.299 e. The van der Waals surface area contributed by atoms with E-state index in [9.17, 15) is 22.4 Å². The van der Waals surface area contributed by atoms with Gasteiger partial charge in [0.25, 0.3) is 11.5 Å². The second-order valence-corrected chi connectivity index (χ2v) is 9.59. The molecule has 1 atom stereocenters. The van der Waals surface area contributed by atoms with Gasteiger partial charge in [-0.25, -0.2) is 23.3 Å². The summed E-state index contributed by atoms with van der Waals surface area (Å²) in [4.78, 5) is 29.0. The number of hydrogen-bond acceptors (Lipinski definition) is 6. The third kappa shape index (κ3) is 3.83. The number of aromatic nitrogens is 2. The lowest BCUT2D eigenvalue weighted by Gasteiger charge is -2.25. The van der Waals surface area contributed by atoms with Crippen LogP contribution in [0, 0.1) is 5.82 Å². The zero-order valence-electron chi connectivity index (χ0n) is 16.3. The summed E-state index contributed by atoms with van der Waals surface area (Å²) >= 11 is 0. The van der Waals surface area contributed by atoms with Crippen molar-refractivity contribution in [2.24, 2.45) is 0 Å². The second-order valence-electron chi connectivity index (χ2n) is 7.15. The third-order valence-electron chi connectivity index (χ3n) is 5.24. The number of carbonyl (C=O) groups is 1. The highest BCUT2D eigenvalue weighted by Gasteiger charge is 2.43. The Balaban J connectivity index is 1.96. The number of rotatable bonds is 6. The van der Waals surface area contributed by atoms with Gasteiger partial charge in [-0.2, -0.15) is 0 Å². The molecular weight excluding hydrogens is 413 g/mol. The average Bonchev–Trinajstić information content (AvgIpc) is 2.71. The normalized spacial score (nSPS) is 13.7. The van der Waals surface area contributed by atoms with Gasteiger partial charge in [-0.1, -0.05) is 24.3 Å². The molecular formula is C20H20FN3O5S. The molecule has 0 aliphatic rings. The maximum absolute atomic E-state index is 14.0. The highest BCUT2D eigenvalue weighted by molar-refractivity contribution is 7.92. The SMILES string of the molecule is C[C@](CCn1cnc2cc(-c3ccccc3F)ccc2c1=O)(C(=O)NO)S(C)(=O)=O. The molecule has 0 spiro atoms. The average molecular weight is 433 g/mol. The molecule has 2 N–H and O–H groups in total. The Bertz CT molecular complexity index is 1290. The molecule has 1 aromatic heterocycles. The van der Waals surface area contributed by atoms with Gasteiger partial charge in [0.1, 0.15) is 5.82 Å². The van der Waals surface area contributed by atoms with Crippen molar-refractivity contribution in [3.05, 3.63) is 65.0 Å². The summed E-state index contributed by atoms with van der Waals surface area (Å²) in [5.41, 5.74) is 2.24. The van der Waals surface area contributed by atoms with Crippen molar-refractivity contribution < 1.29 is 22.8 Å². The van der Waals surface area contributed by atoms with Crippen LogP contribution in [0.2, 0.25) is 0 Å². The van der Waals surface area contributed by atoms with Crippen LogP contribution in [0.5, 0.6) is 0 Å². The number of nitrogens with one attached hydrogen (secondary N) is 1. The van der Waals surface area contributed by atoms with Crippen molar-refractivity contribution in [1.82, 2.24) is 15.0 Å². The van der Waals surface area contributed by atoms with E-state index >= 15 is 0 Å². The van der Waals surface area contributed by atoms with Gasteiger partial charge in [-0.15, -0.1) is 0 Å². The lowest BCUT2D eigenvalue weighted by Crippen LogP contribution is -2.50. The molecule has 0 bridgehead atoms. The summed E-state index contributed by atoms with van der Waals surface area (Å²) in [5.74, 6) is -1.48. The number of sulfone groups is 1. The summed E-state index contributed by atoms with van der Waals surface area (Å²) in [5, 5.41) is 9.16. The van der Waals surface area contributed by atoms with Crippen LogP contribution in [-0.2, 0) is 21.2 Å². The van der Waals surface area contributed by atoms with Gasteiger partial charge in [-0.3, -0.25) is 19.4 Å². The molecule has 1 amide bonds.